The van der Waals surface area contributed by atoms with E-state index in [1.807, 2.05) is 0 Å². The second-order valence-corrected chi connectivity index (χ2v) is 5.97. The van der Waals surface area contributed by atoms with Gasteiger partial charge in [0.05, 0.1) is 12.1 Å². The lowest BCUT2D eigenvalue weighted by Crippen LogP contribution is -2.48. The van der Waals surface area contributed by atoms with Crippen LogP contribution in [0.15, 0.2) is 23.2 Å². The Hall–Kier alpha value is -1.58. The fraction of sp³-hybridized carbons (Fsp3) is 0.500. The maximum atomic E-state index is 12.0. The van der Waals surface area contributed by atoms with Crippen molar-refractivity contribution in [3.63, 3.8) is 0 Å². The third-order valence-corrected chi connectivity index (χ3v) is 4.35. The van der Waals surface area contributed by atoms with Gasteiger partial charge in [-0.1, -0.05) is 6.92 Å². The zero-order valence-electron chi connectivity index (χ0n) is 10.5. The predicted octanol–water partition coefficient (Wildman–Crippen LogP) is 0.429. The van der Waals surface area contributed by atoms with Gasteiger partial charge in [-0.15, -0.1) is 0 Å². The van der Waals surface area contributed by atoms with Crippen molar-refractivity contribution in [2.24, 2.45) is 0 Å². The van der Waals surface area contributed by atoms with Crippen LogP contribution in [-0.4, -0.2) is 35.6 Å². The van der Waals surface area contributed by atoms with Crippen LogP contribution in [0.1, 0.15) is 20.3 Å². The summed E-state index contributed by atoms with van der Waals surface area (Å²) in [5.74, 6) is -0.431. The number of nitro groups is 1. The van der Waals surface area contributed by atoms with Crippen molar-refractivity contribution in [2.45, 2.75) is 30.7 Å². The summed E-state index contributed by atoms with van der Waals surface area (Å²) in [4.78, 5) is 13.0. The number of aliphatic hydroxyl groups excluding tert-OH is 1. The predicted molar refractivity (Wildman–Crippen MR) is 67.0 cm³/mol. The van der Waals surface area contributed by atoms with Crippen molar-refractivity contribution in [3.8, 4) is 0 Å². The van der Waals surface area contributed by atoms with Crippen molar-refractivity contribution in [3.05, 3.63) is 28.4 Å². The summed E-state index contributed by atoms with van der Waals surface area (Å²) in [6.07, 6.45) is 1.30. The van der Waals surface area contributed by atoms with Crippen molar-refractivity contribution >= 4 is 15.8 Å². The molecule has 1 aromatic heterocycles. The molecule has 8 nitrogen and oxygen atoms in total. The molecule has 1 rings (SSSR count). The van der Waals surface area contributed by atoms with Crippen LogP contribution in [-0.2, 0) is 10.0 Å². The van der Waals surface area contributed by atoms with Crippen LogP contribution in [0.2, 0.25) is 0 Å². The molecule has 0 radical (unpaired) electrons. The van der Waals surface area contributed by atoms with E-state index in [0.29, 0.717) is 6.42 Å². The molecule has 0 spiro atoms. The molecule has 0 aliphatic heterocycles. The van der Waals surface area contributed by atoms with Gasteiger partial charge in [-0.25, -0.2) is 13.1 Å². The molecule has 0 bridgehead atoms. The Morgan fingerprint density at radius 3 is 2.53 bits per heavy atom. The topological polar surface area (TPSA) is 122 Å². The van der Waals surface area contributed by atoms with Crippen LogP contribution in [0, 0.1) is 10.1 Å². The standard InChI is InChI=1S/C10H15N3O5S/c1-3-10(2,7-14)12-19(17,18)8-4-5-9(11-6-8)13(15)16/h4-6,12,14H,3,7H2,1-2H3. The molecular formula is C10H15N3O5S. The normalized spacial score (nSPS) is 14.9. The SMILES string of the molecule is CCC(C)(CO)NS(=O)(=O)c1ccc([N+](=O)[O-])nc1. The number of nitrogens with one attached hydrogen (secondary N) is 1. The Bertz CT molecular complexity index is 551. The van der Waals surface area contributed by atoms with E-state index in [4.69, 9.17) is 0 Å². The summed E-state index contributed by atoms with van der Waals surface area (Å²) in [6.45, 7) is 2.93. The van der Waals surface area contributed by atoms with Crippen LogP contribution in [0.5, 0.6) is 0 Å². The van der Waals surface area contributed by atoms with Crippen molar-refractivity contribution in [1.29, 1.82) is 0 Å². The van der Waals surface area contributed by atoms with E-state index >= 15 is 0 Å². The largest absolute Gasteiger partial charge is 0.394 e. The molecule has 0 aliphatic carbocycles. The van der Waals surface area contributed by atoms with Crippen LogP contribution in [0.3, 0.4) is 0 Å². The molecule has 0 aliphatic rings. The highest BCUT2D eigenvalue weighted by Crippen LogP contribution is 2.16. The lowest BCUT2D eigenvalue weighted by Gasteiger charge is -2.26. The van der Waals surface area contributed by atoms with Gasteiger partial charge in [0, 0.05) is 6.07 Å². The third kappa shape index (κ3) is 3.69. The van der Waals surface area contributed by atoms with Crippen LogP contribution in [0.4, 0.5) is 5.82 Å². The molecule has 0 amide bonds. The number of hydrogen-bond acceptors (Lipinski definition) is 6. The molecule has 106 valence electrons. The Morgan fingerprint density at radius 2 is 2.16 bits per heavy atom. The maximum absolute atomic E-state index is 12.0. The highest BCUT2D eigenvalue weighted by atomic mass is 32.2. The average Bonchev–Trinajstić information content (AvgIpc) is 2.38. The first-order valence-corrected chi connectivity index (χ1v) is 6.98. The Morgan fingerprint density at radius 1 is 1.53 bits per heavy atom. The summed E-state index contributed by atoms with van der Waals surface area (Å²) >= 11 is 0. The van der Waals surface area contributed by atoms with E-state index in [1.54, 1.807) is 13.8 Å². The highest BCUT2D eigenvalue weighted by Gasteiger charge is 2.29. The van der Waals surface area contributed by atoms with Gasteiger partial charge in [0.1, 0.15) is 4.90 Å². The molecule has 1 unspecified atom stereocenters. The van der Waals surface area contributed by atoms with E-state index in [9.17, 15) is 23.6 Å². The molecule has 0 fully saturated rings. The zero-order chi connectivity index (χ0) is 14.7. The van der Waals surface area contributed by atoms with Gasteiger partial charge in [0.15, 0.2) is 6.20 Å². The molecule has 9 heteroatoms. The van der Waals surface area contributed by atoms with E-state index < -0.39 is 26.3 Å². The molecule has 1 aromatic rings. The van der Waals surface area contributed by atoms with Gasteiger partial charge in [-0.05, 0) is 29.3 Å². The Balaban J connectivity index is 3.04. The number of hydrogen-bond donors (Lipinski definition) is 2. The van der Waals surface area contributed by atoms with Gasteiger partial charge in [0.2, 0.25) is 10.0 Å². The van der Waals surface area contributed by atoms with Crippen LogP contribution in [0.25, 0.3) is 0 Å². The number of pyridine rings is 1. The minimum absolute atomic E-state index is 0.189. The van der Waals surface area contributed by atoms with Crippen molar-refractivity contribution in [2.75, 3.05) is 6.61 Å². The minimum atomic E-state index is -3.88. The summed E-state index contributed by atoms with van der Waals surface area (Å²) in [6, 6.07) is 2.11. The third-order valence-electron chi connectivity index (χ3n) is 2.73. The van der Waals surface area contributed by atoms with E-state index in [1.165, 1.54) is 0 Å². The summed E-state index contributed by atoms with van der Waals surface area (Å²) < 4.78 is 26.4. The number of aliphatic hydroxyl groups is 1. The van der Waals surface area contributed by atoms with Crippen molar-refractivity contribution < 1.29 is 18.4 Å². The van der Waals surface area contributed by atoms with Gasteiger partial charge in [0.25, 0.3) is 0 Å². The van der Waals surface area contributed by atoms with E-state index in [2.05, 4.69) is 9.71 Å². The summed E-state index contributed by atoms with van der Waals surface area (Å²) in [5, 5.41) is 19.6. The fourth-order valence-electron chi connectivity index (χ4n) is 1.24. The highest BCUT2D eigenvalue weighted by molar-refractivity contribution is 7.89. The number of sulfonamides is 1. The Labute approximate surface area is 110 Å². The summed E-state index contributed by atoms with van der Waals surface area (Å²) in [7, 11) is -3.88. The molecule has 1 heterocycles. The van der Waals surface area contributed by atoms with Gasteiger partial charge in [-0.3, -0.25) is 0 Å². The van der Waals surface area contributed by atoms with E-state index in [0.717, 1.165) is 18.3 Å². The van der Waals surface area contributed by atoms with Gasteiger partial charge in [-0.2, -0.15) is 0 Å². The molecule has 19 heavy (non-hydrogen) atoms. The first-order chi connectivity index (χ1) is 8.74. The second-order valence-electron chi connectivity index (χ2n) is 4.29. The first kappa shape index (κ1) is 15.5. The quantitative estimate of drug-likeness (QED) is 0.578. The monoisotopic (exact) mass is 289 g/mol. The Kier molecular flexibility index (Phi) is 4.56. The zero-order valence-corrected chi connectivity index (χ0v) is 11.3. The van der Waals surface area contributed by atoms with Crippen LogP contribution < -0.4 is 4.72 Å². The van der Waals surface area contributed by atoms with Gasteiger partial charge < -0.3 is 15.2 Å². The second kappa shape index (κ2) is 5.59. The number of aromatic nitrogens is 1. The first-order valence-electron chi connectivity index (χ1n) is 5.49. The molecule has 0 saturated carbocycles. The molecule has 2 N–H and O–H groups in total. The minimum Gasteiger partial charge on any atom is -0.394 e. The summed E-state index contributed by atoms with van der Waals surface area (Å²) in [5.41, 5.74) is -0.986. The lowest BCUT2D eigenvalue weighted by atomic mass is 10.0. The maximum Gasteiger partial charge on any atom is 0.363 e. The molecule has 0 saturated heterocycles. The fourth-order valence-corrected chi connectivity index (χ4v) is 2.65. The molecular weight excluding hydrogens is 274 g/mol. The molecule has 1 atom stereocenters. The lowest BCUT2D eigenvalue weighted by molar-refractivity contribution is -0.389. The van der Waals surface area contributed by atoms with Gasteiger partial charge >= 0.3 is 5.82 Å². The smallest absolute Gasteiger partial charge is 0.363 e. The molecule has 0 aromatic carbocycles. The van der Waals surface area contributed by atoms with Crippen LogP contribution >= 0.6 is 0 Å². The number of rotatable bonds is 6. The van der Waals surface area contributed by atoms with E-state index in [-0.39, 0.29) is 11.5 Å². The average molecular weight is 289 g/mol. The number of nitrogens with zero attached hydrogens (tertiary/aromatic N) is 2. The van der Waals surface area contributed by atoms with Crippen molar-refractivity contribution in [1.82, 2.24) is 9.71 Å².